The van der Waals surface area contributed by atoms with Crippen molar-refractivity contribution in [2.45, 2.75) is 33.4 Å². The first-order valence-electron chi connectivity index (χ1n) is 6.82. The van der Waals surface area contributed by atoms with E-state index in [2.05, 4.69) is 4.72 Å². The van der Waals surface area contributed by atoms with Crippen molar-refractivity contribution in [3.63, 3.8) is 0 Å². The summed E-state index contributed by atoms with van der Waals surface area (Å²) in [5.41, 5.74) is 0.848. The van der Waals surface area contributed by atoms with E-state index in [-0.39, 0.29) is 19.0 Å². The van der Waals surface area contributed by atoms with Gasteiger partial charge in [-0.05, 0) is 11.5 Å². The van der Waals surface area contributed by atoms with E-state index < -0.39 is 22.2 Å². The van der Waals surface area contributed by atoms with Gasteiger partial charge in [-0.1, -0.05) is 51.1 Å². The maximum Gasteiger partial charge on any atom is 0.322 e. The molecule has 118 valence electrons. The number of carbonyl (C=O) groups is 1. The molecule has 0 amide bonds. The first-order valence-corrected chi connectivity index (χ1v) is 8.26. The van der Waals surface area contributed by atoms with E-state index in [4.69, 9.17) is 5.11 Å². The monoisotopic (exact) mass is 314 g/mol. The number of rotatable bonds is 8. The van der Waals surface area contributed by atoms with Gasteiger partial charge in [0.25, 0.3) is 10.2 Å². The van der Waals surface area contributed by atoms with Crippen LogP contribution < -0.4 is 4.72 Å². The predicted molar refractivity (Wildman–Crippen MR) is 80.8 cm³/mol. The molecule has 0 radical (unpaired) electrons. The maximum atomic E-state index is 12.3. The van der Waals surface area contributed by atoms with E-state index in [1.807, 2.05) is 30.3 Å². The van der Waals surface area contributed by atoms with Crippen LogP contribution in [0.5, 0.6) is 0 Å². The molecule has 0 aliphatic carbocycles. The highest BCUT2D eigenvalue weighted by Gasteiger charge is 2.30. The minimum Gasteiger partial charge on any atom is -0.480 e. The molecule has 7 heteroatoms. The summed E-state index contributed by atoms with van der Waals surface area (Å²) in [4.78, 5) is 11.1. The van der Waals surface area contributed by atoms with Crippen molar-refractivity contribution in [1.29, 1.82) is 0 Å². The van der Waals surface area contributed by atoms with Crippen molar-refractivity contribution < 1.29 is 18.3 Å². The summed E-state index contributed by atoms with van der Waals surface area (Å²) in [7, 11) is -3.86. The first-order chi connectivity index (χ1) is 9.77. The summed E-state index contributed by atoms with van der Waals surface area (Å²) in [6.07, 6.45) is 0. The number of carboxylic acids is 1. The Morgan fingerprint density at radius 2 is 1.86 bits per heavy atom. The summed E-state index contributed by atoms with van der Waals surface area (Å²) in [5.74, 6) is -1.52. The minimum atomic E-state index is -3.86. The molecule has 1 rings (SSSR count). The zero-order chi connectivity index (χ0) is 16.0. The highest BCUT2D eigenvalue weighted by Crippen LogP contribution is 2.11. The Kier molecular flexibility index (Phi) is 6.32. The zero-order valence-corrected chi connectivity index (χ0v) is 13.3. The SMILES string of the molecule is CCN(Cc1ccccc1)S(=O)(=O)N[C@H](C(=O)O)C(C)C. The molecule has 1 aromatic carbocycles. The smallest absolute Gasteiger partial charge is 0.322 e. The molecule has 0 heterocycles. The number of aliphatic carboxylic acids is 1. The molecule has 6 nitrogen and oxygen atoms in total. The Morgan fingerprint density at radius 1 is 1.29 bits per heavy atom. The molecule has 0 aromatic heterocycles. The van der Waals surface area contributed by atoms with Crippen LogP contribution in [0.25, 0.3) is 0 Å². The highest BCUT2D eigenvalue weighted by atomic mass is 32.2. The van der Waals surface area contributed by atoms with Gasteiger partial charge in [0.15, 0.2) is 0 Å². The number of nitrogens with zero attached hydrogens (tertiary/aromatic N) is 1. The van der Waals surface area contributed by atoms with Crippen LogP contribution in [0.3, 0.4) is 0 Å². The molecule has 0 bridgehead atoms. The lowest BCUT2D eigenvalue weighted by molar-refractivity contribution is -0.140. The molecular weight excluding hydrogens is 292 g/mol. The molecule has 0 saturated carbocycles. The molecule has 0 aliphatic heterocycles. The van der Waals surface area contributed by atoms with Gasteiger partial charge in [-0.15, -0.1) is 0 Å². The number of carboxylic acid groups (broad SMARTS) is 1. The van der Waals surface area contributed by atoms with Crippen LogP contribution in [0.4, 0.5) is 0 Å². The van der Waals surface area contributed by atoms with E-state index in [0.717, 1.165) is 5.56 Å². The van der Waals surface area contributed by atoms with Crippen LogP contribution in [0.1, 0.15) is 26.3 Å². The second-order valence-electron chi connectivity index (χ2n) is 5.09. The molecule has 0 spiro atoms. The van der Waals surface area contributed by atoms with E-state index >= 15 is 0 Å². The molecule has 1 aromatic rings. The summed E-state index contributed by atoms with van der Waals surface area (Å²) in [6, 6.07) is 8.03. The van der Waals surface area contributed by atoms with Crippen molar-refractivity contribution >= 4 is 16.2 Å². The normalized spacial score (nSPS) is 13.6. The van der Waals surface area contributed by atoms with Crippen LogP contribution in [0.2, 0.25) is 0 Å². The Bertz CT molecular complexity index is 558. The molecule has 2 N–H and O–H groups in total. The van der Waals surface area contributed by atoms with Crippen LogP contribution >= 0.6 is 0 Å². The van der Waals surface area contributed by atoms with Gasteiger partial charge in [0.2, 0.25) is 0 Å². The van der Waals surface area contributed by atoms with Crippen molar-refractivity contribution in [1.82, 2.24) is 9.03 Å². The van der Waals surface area contributed by atoms with Crippen LogP contribution in [-0.2, 0) is 21.5 Å². The number of nitrogens with one attached hydrogen (secondary N) is 1. The van der Waals surface area contributed by atoms with Gasteiger partial charge in [0.1, 0.15) is 6.04 Å². The van der Waals surface area contributed by atoms with E-state index in [0.29, 0.717) is 0 Å². The molecule has 0 unspecified atom stereocenters. The van der Waals surface area contributed by atoms with E-state index in [1.165, 1.54) is 4.31 Å². The summed E-state index contributed by atoms with van der Waals surface area (Å²) >= 11 is 0. The van der Waals surface area contributed by atoms with Gasteiger partial charge < -0.3 is 5.11 Å². The third kappa shape index (κ3) is 5.11. The van der Waals surface area contributed by atoms with E-state index in [1.54, 1.807) is 20.8 Å². The molecule has 0 saturated heterocycles. The summed E-state index contributed by atoms with van der Waals surface area (Å²) in [5, 5.41) is 9.11. The lowest BCUT2D eigenvalue weighted by Gasteiger charge is -2.25. The van der Waals surface area contributed by atoms with Gasteiger partial charge in [0.05, 0.1) is 0 Å². The van der Waals surface area contributed by atoms with Gasteiger partial charge in [0, 0.05) is 13.1 Å². The molecule has 0 fully saturated rings. The fraction of sp³-hybridized carbons (Fsp3) is 0.500. The third-order valence-electron chi connectivity index (χ3n) is 3.10. The van der Waals surface area contributed by atoms with Gasteiger partial charge in [-0.25, -0.2) is 0 Å². The summed E-state index contributed by atoms with van der Waals surface area (Å²) < 4.78 is 28.2. The fourth-order valence-corrected chi connectivity index (χ4v) is 3.36. The average Bonchev–Trinajstić information content (AvgIpc) is 2.42. The van der Waals surface area contributed by atoms with Crippen LogP contribution in [-0.4, -0.2) is 36.4 Å². The number of hydrogen-bond acceptors (Lipinski definition) is 3. The maximum absolute atomic E-state index is 12.3. The highest BCUT2D eigenvalue weighted by molar-refractivity contribution is 7.87. The molecular formula is C14H22N2O4S. The molecule has 1 atom stereocenters. The lowest BCUT2D eigenvalue weighted by atomic mass is 10.1. The zero-order valence-electron chi connectivity index (χ0n) is 12.5. The number of hydrogen-bond donors (Lipinski definition) is 2. The second-order valence-corrected chi connectivity index (χ2v) is 6.80. The van der Waals surface area contributed by atoms with Crippen molar-refractivity contribution in [2.75, 3.05) is 6.54 Å². The van der Waals surface area contributed by atoms with Crippen molar-refractivity contribution in [3.05, 3.63) is 35.9 Å². The Balaban J connectivity index is 2.90. The summed E-state index contributed by atoms with van der Waals surface area (Å²) in [6.45, 7) is 5.50. The first kappa shape index (κ1) is 17.6. The third-order valence-corrected chi connectivity index (χ3v) is 4.72. The lowest BCUT2D eigenvalue weighted by Crippen LogP contribution is -2.50. The Labute approximate surface area is 126 Å². The van der Waals surface area contributed by atoms with Gasteiger partial charge >= 0.3 is 5.97 Å². The average molecular weight is 314 g/mol. The van der Waals surface area contributed by atoms with Gasteiger partial charge in [-0.3, -0.25) is 4.79 Å². The van der Waals surface area contributed by atoms with E-state index in [9.17, 15) is 13.2 Å². The topological polar surface area (TPSA) is 86.7 Å². The molecule has 21 heavy (non-hydrogen) atoms. The number of benzene rings is 1. The largest absolute Gasteiger partial charge is 0.480 e. The van der Waals surface area contributed by atoms with Gasteiger partial charge in [-0.2, -0.15) is 17.4 Å². The predicted octanol–water partition coefficient (Wildman–Crippen LogP) is 1.45. The Morgan fingerprint density at radius 3 is 2.29 bits per heavy atom. The fourth-order valence-electron chi connectivity index (χ4n) is 1.86. The second kappa shape index (κ2) is 7.53. The van der Waals surface area contributed by atoms with Crippen molar-refractivity contribution in [3.8, 4) is 0 Å². The Hall–Kier alpha value is -1.44. The standard InChI is InChI=1S/C14H22N2O4S/c1-4-16(10-12-8-6-5-7-9-12)21(19,20)15-13(11(2)3)14(17)18/h5-9,11,13,15H,4,10H2,1-3H3,(H,17,18)/t13-/m0/s1. The quantitative estimate of drug-likeness (QED) is 0.760. The van der Waals surface area contributed by atoms with Crippen molar-refractivity contribution in [2.24, 2.45) is 5.92 Å². The van der Waals surface area contributed by atoms with Crippen LogP contribution in [0.15, 0.2) is 30.3 Å². The molecule has 0 aliphatic rings. The minimum absolute atomic E-state index is 0.205. The van der Waals surface area contributed by atoms with Crippen LogP contribution in [0, 0.1) is 5.92 Å².